The summed E-state index contributed by atoms with van der Waals surface area (Å²) in [6, 6.07) is 12.8. The van der Waals surface area contributed by atoms with E-state index in [2.05, 4.69) is 15.5 Å². The Morgan fingerprint density at radius 3 is 2.41 bits per heavy atom. The summed E-state index contributed by atoms with van der Waals surface area (Å²) in [4.78, 5) is 15.5. The molecule has 1 fully saturated rings. The number of carbonyl (C=O) groups excluding carboxylic acids is 1. The van der Waals surface area contributed by atoms with Crippen LogP contribution in [-0.2, 0) is 13.7 Å². The van der Waals surface area contributed by atoms with E-state index in [0.29, 0.717) is 32.8 Å². The fourth-order valence-electron chi connectivity index (χ4n) is 4.95. The average Bonchev–Trinajstić information content (AvgIpc) is 3.52. The molecular formula is C26H27Cl2N7O2. The number of halogens is 2. The highest BCUT2D eigenvalue weighted by Crippen LogP contribution is 2.35. The molecule has 37 heavy (non-hydrogen) atoms. The van der Waals surface area contributed by atoms with Gasteiger partial charge in [0.15, 0.2) is 11.5 Å². The molecule has 5 rings (SSSR count). The molecule has 1 aliphatic rings. The first-order chi connectivity index (χ1) is 17.9. The number of aliphatic hydroxyl groups is 1. The van der Waals surface area contributed by atoms with E-state index in [-0.39, 0.29) is 24.2 Å². The van der Waals surface area contributed by atoms with Crippen LogP contribution in [0, 0.1) is 0 Å². The number of aliphatic hydroxyl groups excluding tert-OH is 1. The van der Waals surface area contributed by atoms with E-state index in [1.165, 1.54) is 6.42 Å². The van der Waals surface area contributed by atoms with Crippen molar-refractivity contribution >= 4 is 29.1 Å². The maximum atomic E-state index is 13.7. The fraction of sp³-hybridized carbons (Fsp3) is 0.346. The lowest BCUT2D eigenvalue weighted by Gasteiger charge is -2.30. The standard InChI is InChI=1S/C26H27Cl2N7O2/c1-33(19-6-4-3-5-7-19)26(37)23-20(15-36)24(35(30-23)22-13-12-18(27)14-21(22)28)16-8-10-17(11-9-16)25-29-31-32-34(25)2/h8-14,19,36H,3-7,15H2,1-2H3. The molecule has 9 nitrogen and oxygen atoms in total. The largest absolute Gasteiger partial charge is 0.392 e. The first kappa shape index (κ1) is 25.4. The lowest BCUT2D eigenvalue weighted by molar-refractivity contribution is 0.0686. The highest BCUT2D eigenvalue weighted by atomic mass is 35.5. The summed E-state index contributed by atoms with van der Waals surface area (Å²) in [7, 11) is 3.59. The Kier molecular flexibility index (Phi) is 7.28. The van der Waals surface area contributed by atoms with Crippen LogP contribution in [0.4, 0.5) is 0 Å². The lowest BCUT2D eigenvalue weighted by atomic mass is 9.94. The number of aryl methyl sites for hydroxylation is 1. The highest BCUT2D eigenvalue weighted by Gasteiger charge is 2.30. The fourth-order valence-corrected chi connectivity index (χ4v) is 5.44. The van der Waals surface area contributed by atoms with Gasteiger partial charge < -0.3 is 10.0 Å². The molecule has 1 N–H and O–H groups in total. The van der Waals surface area contributed by atoms with Gasteiger partial charge in [0.1, 0.15) is 0 Å². The Morgan fingerprint density at radius 2 is 1.78 bits per heavy atom. The summed E-state index contributed by atoms with van der Waals surface area (Å²) >= 11 is 12.7. The molecule has 1 saturated carbocycles. The second-order valence-electron chi connectivity index (χ2n) is 9.25. The molecule has 4 aromatic rings. The smallest absolute Gasteiger partial charge is 0.274 e. The number of carbonyl (C=O) groups is 1. The molecule has 11 heteroatoms. The molecule has 1 amide bonds. The van der Waals surface area contributed by atoms with Gasteiger partial charge in [-0.15, -0.1) is 5.10 Å². The molecule has 2 aromatic carbocycles. The van der Waals surface area contributed by atoms with Crippen LogP contribution in [0.2, 0.25) is 10.0 Å². The molecular weight excluding hydrogens is 513 g/mol. The van der Waals surface area contributed by atoms with Gasteiger partial charge in [-0.2, -0.15) is 5.10 Å². The van der Waals surface area contributed by atoms with Gasteiger partial charge in [-0.1, -0.05) is 66.7 Å². The highest BCUT2D eigenvalue weighted by molar-refractivity contribution is 6.35. The minimum absolute atomic E-state index is 0.153. The van der Waals surface area contributed by atoms with Crippen molar-refractivity contribution in [1.29, 1.82) is 0 Å². The van der Waals surface area contributed by atoms with E-state index in [9.17, 15) is 9.90 Å². The Bertz CT molecular complexity index is 1430. The van der Waals surface area contributed by atoms with Crippen LogP contribution >= 0.6 is 23.2 Å². The quantitative estimate of drug-likeness (QED) is 0.372. The monoisotopic (exact) mass is 539 g/mol. The number of amides is 1. The van der Waals surface area contributed by atoms with E-state index in [1.807, 2.05) is 31.3 Å². The van der Waals surface area contributed by atoms with Crippen molar-refractivity contribution in [3.63, 3.8) is 0 Å². The number of hydrogen-bond donors (Lipinski definition) is 1. The van der Waals surface area contributed by atoms with Gasteiger partial charge >= 0.3 is 0 Å². The average molecular weight is 540 g/mol. The number of rotatable bonds is 6. The summed E-state index contributed by atoms with van der Waals surface area (Å²) < 4.78 is 3.20. The first-order valence-corrected chi connectivity index (χ1v) is 12.9. The van der Waals surface area contributed by atoms with Crippen LogP contribution in [0.5, 0.6) is 0 Å². The van der Waals surface area contributed by atoms with Crippen molar-refractivity contribution in [2.24, 2.45) is 7.05 Å². The molecule has 0 radical (unpaired) electrons. The van der Waals surface area contributed by atoms with Gasteiger partial charge in [-0.25, -0.2) is 9.36 Å². The number of hydrogen-bond acceptors (Lipinski definition) is 6. The zero-order valence-electron chi connectivity index (χ0n) is 20.6. The van der Waals surface area contributed by atoms with Crippen molar-refractivity contribution < 1.29 is 9.90 Å². The van der Waals surface area contributed by atoms with E-state index in [0.717, 1.165) is 36.8 Å². The number of nitrogens with zero attached hydrogens (tertiary/aromatic N) is 7. The molecule has 2 aromatic heterocycles. The predicted octanol–water partition coefficient (Wildman–Crippen LogP) is 4.93. The summed E-state index contributed by atoms with van der Waals surface area (Å²) in [6.07, 6.45) is 5.32. The second-order valence-corrected chi connectivity index (χ2v) is 10.1. The number of benzene rings is 2. The van der Waals surface area contributed by atoms with Crippen LogP contribution in [0.1, 0.15) is 48.2 Å². The van der Waals surface area contributed by atoms with Gasteiger partial charge in [0, 0.05) is 41.9 Å². The Labute approximate surface area is 224 Å². The third-order valence-electron chi connectivity index (χ3n) is 6.96. The molecule has 0 saturated heterocycles. The maximum absolute atomic E-state index is 13.7. The minimum Gasteiger partial charge on any atom is -0.392 e. The van der Waals surface area contributed by atoms with Gasteiger partial charge in [-0.3, -0.25) is 4.79 Å². The van der Waals surface area contributed by atoms with Gasteiger partial charge in [0.2, 0.25) is 0 Å². The summed E-state index contributed by atoms with van der Waals surface area (Å²) in [5.41, 5.74) is 3.35. The van der Waals surface area contributed by atoms with E-state index >= 15 is 0 Å². The van der Waals surface area contributed by atoms with Crippen LogP contribution in [-0.4, -0.2) is 59.0 Å². The molecule has 0 spiro atoms. The molecule has 1 aliphatic carbocycles. The molecule has 0 atom stereocenters. The summed E-state index contributed by atoms with van der Waals surface area (Å²) in [6.45, 7) is -0.366. The zero-order chi connectivity index (χ0) is 26.1. The Balaban J connectivity index is 1.64. The molecule has 0 unspecified atom stereocenters. The zero-order valence-corrected chi connectivity index (χ0v) is 22.1. The second kappa shape index (κ2) is 10.6. The van der Waals surface area contributed by atoms with E-state index < -0.39 is 0 Å². The van der Waals surface area contributed by atoms with Crippen molar-refractivity contribution in [1.82, 2.24) is 34.9 Å². The van der Waals surface area contributed by atoms with Crippen molar-refractivity contribution in [3.05, 3.63) is 63.8 Å². The van der Waals surface area contributed by atoms with Gasteiger partial charge in [-0.05, 0) is 41.5 Å². The van der Waals surface area contributed by atoms with Crippen LogP contribution in [0.15, 0.2) is 42.5 Å². The molecule has 0 bridgehead atoms. The third-order valence-corrected chi connectivity index (χ3v) is 7.50. The minimum atomic E-state index is -0.366. The normalized spacial score (nSPS) is 14.2. The number of aromatic nitrogens is 6. The predicted molar refractivity (Wildman–Crippen MR) is 142 cm³/mol. The van der Waals surface area contributed by atoms with Gasteiger partial charge in [0.05, 0.1) is 23.0 Å². The summed E-state index contributed by atoms with van der Waals surface area (Å²) in [5, 5.41) is 27.7. The number of tetrazole rings is 1. The Hall–Kier alpha value is -3.27. The molecule has 0 aliphatic heterocycles. The van der Waals surface area contributed by atoms with Crippen LogP contribution < -0.4 is 0 Å². The maximum Gasteiger partial charge on any atom is 0.274 e. The van der Waals surface area contributed by atoms with E-state index in [4.69, 9.17) is 28.3 Å². The summed E-state index contributed by atoms with van der Waals surface area (Å²) in [5.74, 6) is 0.399. The van der Waals surface area contributed by atoms with Crippen LogP contribution in [0.25, 0.3) is 28.3 Å². The van der Waals surface area contributed by atoms with Crippen molar-refractivity contribution in [3.8, 4) is 28.3 Å². The van der Waals surface area contributed by atoms with Crippen LogP contribution in [0.3, 0.4) is 0 Å². The third kappa shape index (κ3) is 4.86. The molecule has 2 heterocycles. The van der Waals surface area contributed by atoms with E-state index in [1.54, 1.807) is 39.5 Å². The van der Waals surface area contributed by atoms with Crippen molar-refractivity contribution in [2.75, 3.05) is 7.05 Å². The Morgan fingerprint density at radius 1 is 1.08 bits per heavy atom. The SMILES string of the molecule is CN(C(=O)c1nn(-c2ccc(Cl)cc2Cl)c(-c2ccc(-c3nnnn3C)cc2)c1CO)C1CCCCC1. The van der Waals surface area contributed by atoms with Gasteiger partial charge in [0.25, 0.3) is 5.91 Å². The molecule has 192 valence electrons. The van der Waals surface area contributed by atoms with Crippen molar-refractivity contribution in [2.45, 2.75) is 44.8 Å². The lowest BCUT2D eigenvalue weighted by Crippen LogP contribution is -2.38. The topological polar surface area (TPSA) is 102 Å². The first-order valence-electron chi connectivity index (χ1n) is 12.2.